The van der Waals surface area contributed by atoms with E-state index in [9.17, 15) is 4.79 Å². The van der Waals surface area contributed by atoms with E-state index in [1.807, 2.05) is 0 Å². The van der Waals surface area contributed by atoms with Crippen LogP contribution in [0.25, 0.3) is 11.0 Å². The smallest absolute Gasteiger partial charge is 0.342 e. The second-order valence-electron chi connectivity index (χ2n) is 4.66. The molecule has 0 atom stereocenters. The van der Waals surface area contributed by atoms with Gasteiger partial charge in [-0.2, -0.15) is 5.10 Å². The molecule has 0 fully saturated rings. The van der Waals surface area contributed by atoms with Crippen LogP contribution in [0.4, 0.5) is 5.69 Å². The maximum atomic E-state index is 12.0. The molecule has 0 unspecified atom stereocenters. The monoisotopic (exact) mass is 292 g/mol. The number of nitrogens with two attached hydrogens (primary N) is 1. The second-order valence-corrected chi connectivity index (χ2v) is 4.66. The molecule has 2 aromatic heterocycles. The highest BCUT2D eigenvalue weighted by molar-refractivity contribution is 6.04. The zero-order chi connectivity index (χ0) is 15.4. The second kappa shape index (κ2) is 6.53. The van der Waals surface area contributed by atoms with E-state index < -0.39 is 5.97 Å². The molecule has 0 aliphatic rings. The fourth-order valence-electron chi connectivity index (χ4n) is 2.21. The van der Waals surface area contributed by atoms with Crippen LogP contribution < -0.4 is 5.73 Å². The first kappa shape index (κ1) is 15.2. The molecule has 2 aromatic rings. The molecule has 0 bridgehead atoms. The van der Waals surface area contributed by atoms with Crippen LogP contribution in [0, 0.1) is 6.92 Å². The number of pyridine rings is 1. The first-order valence-corrected chi connectivity index (χ1v) is 6.87. The van der Waals surface area contributed by atoms with Crippen molar-refractivity contribution in [3.8, 4) is 0 Å². The number of hydrogen-bond acceptors (Lipinski definition) is 6. The highest BCUT2D eigenvalue weighted by Gasteiger charge is 2.20. The summed E-state index contributed by atoms with van der Waals surface area (Å²) in [7, 11) is 1.66. The van der Waals surface area contributed by atoms with Crippen molar-refractivity contribution in [2.24, 2.45) is 0 Å². The van der Waals surface area contributed by atoms with E-state index in [0.717, 1.165) is 6.42 Å². The number of carbonyl (C=O) groups excluding carboxylic acids is 1. The summed E-state index contributed by atoms with van der Waals surface area (Å²) < 4.78 is 11.8. The SMILES string of the molecule is CCOC(=O)c1c(C)nc2c(cnn2CCCOC)c1N. The van der Waals surface area contributed by atoms with Gasteiger partial charge in [-0.1, -0.05) is 0 Å². The van der Waals surface area contributed by atoms with Gasteiger partial charge in [0.15, 0.2) is 5.65 Å². The zero-order valence-corrected chi connectivity index (χ0v) is 12.5. The predicted molar refractivity (Wildman–Crippen MR) is 79.1 cm³/mol. The van der Waals surface area contributed by atoms with Crippen LogP contribution in [0.3, 0.4) is 0 Å². The molecule has 114 valence electrons. The molecule has 2 heterocycles. The minimum absolute atomic E-state index is 0.298. The van der Waals surface area contributed by atoms with E-state index in [4.69, 9.17) is 15.2 Å². The Balaban J connectivity index is 2.42. The van der Waals surface area contributed by atoms with Crippen LogP contribution in [-0.2, 0) is 16.0 Å². The quantitative estimate of drug-likeness (QED) is 0.641. The number of nitrogens with zero attached hydrogens (tertiary/aromatic N) is 3. The number of rotatable bonds is 6. The summed E-state index contributed by atoms with van der Waals surface area (Å²) in [6.45, 7) is 5.13. The Hall–Kier alpha value is -2.15. The summed E-state index contributed by atoms with van der Waals surface area (Å²) in [6, 6.07) is 0. The van der Waals surface area contributed by atoms with Gasteiger partial charge in [-0.15, -0.1) is 0 Å². The van der Waals surface area contributed by atoms with E-state index in [0.29, 0.717) is 47.7 Å². The molecule has 0 saturated heterocycles. The first-order valence-electron chi connectivity index (χ1n) is 6.87. The van der Waals surface area contributed by atoms with Gasteiger partial charge >= 0.3 is 5.97 Å². The van der Waals surface area contributed by atoms with Crippen molar-refractivity contribution in [2.45, 2.75) is 26.8 Å². The lowest BCUT2D eigenvalue weighted by Gasteiger charge is -2.10. The van der Waals surface area contributed by atoms with Crippen LogP contribution in [0.5, 0.6) is 0 Å². The van der Waals surface area contributed by atoms with E-state index >= 15 is 0 Å². The van der Waals surface area contributed by atoms with Gasteiger partial charge in [0.25, 0.3) is 0 Å². The van der Waals surface area contributed by atoms with Crippen molar-refractivity contribution in [1.82, 2.24) is 14.8 Å². The third-order valence-corrected chi connectivity index (χ3v) is 3.20. The molecule has 0 aliphatic heterocycles. The fourth-order valence-corrected chi connectivity index (χ4v) is 2.21. The molecular formula is C14H20N4O3. The summed E-state index contributed by atoms with van der Waals surface area (Å²) in [5.74, 6) is -0.450. The van der Waals surface area contributed by atoms with Crippen molar-refractivity contribution in [3.05, 3.63) is 17.5 Å². The van der Waals surface area contributed by atoms with Crippen molar-refractivity contribution in [2.75, 3.05) is 26.1 Å². The third kappa shape index (κ3) is 2.97. The normalized spacial score (nSPS) is 11.0. The van der Waals surface area contributed by atoms with Gasteiger partial charge in [0.05, 0.1) is 29.6 Å². The molecular weight excluding hydrogens is 272 g/mol. The van der Waals surface area contributed by atoms with Gasteiger partial charge in [0, 0.05) is 20.3 Å². The maximum absolute atomic E-state index is 12.0. The van der Waals surface area contributed by atoms with Gasteiger partial charge in [-0.05, 0) is 20.3 Å². The third-order valence-electron chi connectivity index (χ3n) is 3.20. The molecule has 0 amide bonds. The summed E-state index contributed by atoms with van der Waals surface area (Å²) >= 11 is 0. The number of methoxy groups -OCH3 is 1. The number of fused-ring (bicyclic) bond motifs is 1. The maximum Gasteiger partial charge on any atom is 0.342 e. The molecule has 0 radical (unpaired) electrons. The molecule has 0 saturated carbocycles. The van der Waals surface area contributed by atoms with Crippen LogP contribution >= 0.6 is 0 Å². The molecule has 7 nitrogen and oxygen atoms in total. The Morgan fingerprint density at radius 1 is 1.48 bits per heavy atom. The van der Waals surface area contributed by atoms with Gasteiger partial charge < -0.3 is 15.2 Å². The lowest BCUT2D eigenvalue weighted by molar-refractivity contribution is 0.0526. The van der Waals surface area contributed by atoms with Crippen molar-refractivity contribution in [3.63, 3.8) is 0 Å². The Labute approximate surface area is 123 Å². The number of aryl methyl sites for hydroxylation is 2. The van der Waals surface area contributed by atoms with Crippen molar-refractivity contribution < 1.29 is 14.3 Å². The van der Waals surface area contributed by atoms with Crippen LogP contribution in [-0.4, -0.2) is 41.1 Å². The van der Waals surface area contributed by atoms with E-state index in [-0.39, 0.29) is 0 Å². The number of aromatic nitrogens is 3. The molecule has 2 rings (SSSR count). The minimum atomic E-state index is -0.450. The van der Waals surface area contributed by atoms with Crippen molar-refractivity contribution in [1.29, 1.82) is 0 Å². The highest BCUT2D eigenvalue weighted by atomic mass is 16.5. The number of hydrogen-bond donors (Lipinski definition) is 1. The number of anilines is 1. The molecule has 21 heavy (non-hydrogen) atoms. The molecule has 0 aromatic carbocycles. The summed E-state index contributed by atoms with van der Waals surface area (Å²) in [5, 5.41) is 4.95. The predicted octanol–water partition coefficient (Wildman–Crippen LogP) is 1.54. The number of esters is 1. The standard InChI is InChI=1S/C14H20N4O3/c1-4-21-14(19)11-9(2)17-13-10(12(11)15)8-16-18(13)6-5-7-20-3/h8H,4-7H2,1-3H3,(H2,15,17). The Morgan fingerprint density at radius 2 is 2.24 bits per heavy atom. The zero-order valence-electron chi connectivity index (χ0n) is 12.5. The molecule has 0 aliphatic carbocycles. The lowest BCUT2D eigenvalue weighted by atomic mass is 10.1. The molecule has 7 heteroatoms. The average molecular weight is 292 g/mol. The van der Waals surface area contributed by atoms with Crippen LogP contribution in [0.2, 0.25) is 0 Å². The highest BCUT2D eigenvalue weighted by Crippen LogP contribution is 2.26. The number of nitrogen functional groups attached to an aromatic ring is 1. The van der Waals surface area contributed by atoms with E-state index in [2.05, 4.69) is 10.1 Å². The Bertz CT molecular complexity index is 651. The van der Waals surface area contributed by atoms with Gasteiger partial charge in [0.1, 0.15) is 5.56 Å². The van der Waals surface area contributed by atoms with Gasteiger partial charge in [-0.3, -0.25) is 0 Å². The molecule has 2 N–H and O–H groups in total. The Kier molecular flexibility index (Phi) is 4.74. The summed E-state index contributed by atoms with van der Waals surface area (Å²) in [6.07, 6.45) is 2.46. The summed E-state index contributed by atoms with van der Waals surface area (Å²) in [4.78, 5) is 16.4. The van der Waals surface area contributed by atoms with Crippen LogP contribution in [0.1, 0.15) is 29.4 Å². The molecule has 0 spiro atoms. The van der Waals surface area contributed by atoms with Gasteiger partial charge in [-0.25, -0.2) is 14.5 Å². The topological polar surface area (TPSA) is 92.3 Å². The van der Waals surface area contributed by atoms with Gasteiger partial charge in [0.2, 0.25) is 0 Å². The largest absolute Gasteiger partial charge is 0.462 e. The number of carbonyl (C=O) groups is 1. The fraction of sp³-hybridized carbons (Fsp3) is 0.500. The Morgan fingerprint density at radius 3 is 2.90 bits per heavy atom. The minimum Gasteiger partial charge on any atom is -0.462 e. The number of ether oxygens (including phenoxy) is 2. The average Bonchev–Trinajstić information content (AvgIpc) is 2.83. The first-order chi connectivity index (χ1) is 10.1. The van der Waals surface area contributed by atoms with Crippen molar-refractivity contribution >= 4 is 22.7 Å². The van der Waals surface area contributed by atoms with E-state index in [1.165, 1.54) is 0 Å². The summed E-state index contributed by atoms with van der Waals surface area (Å²) in [5.41, 5.74) is 8.01. The lowest BCUT2D eigenvalue weighted by Crippen LogP contribution is -2.12. The van der Waals surface area contributed by atoms with E-state index in [1.54, 1.807) is 31.8 Å². The van der Waals surface area contributed by atoms with Crippen LogP contribution in [0.15, 0.2) is 6.20 Å².